The van der Waals surface area contributed by atoms with Crippen molar-refractivity contribution >= 4 is 34.1 Å². The fraction of sp³-hybridized carbons (Fsp3) is 0.143. The summed E-state index contributed by atoms with van der Waals surface area (Å²) in [7, 11) is 0.790. The highest BCUT2D eigenvalue weighted by atomic mass is 16.7. The molecular formula is C14H8N6O14. The van der Waals surface area contributed by atoms with Crippen LogP contribution in [-0.2, 0) is 6.61 Å². The third kappa shape index (κ3) is 4.53. The number of non-ortho nitro benzene ring substituents is 1. The van der Waals surface area contributed by atoms with Gasteiger partial charge in [0.2, 0.25) is 0 Å². The fourth-order valence-electron chi connectivity index (χ4n) is 2.75. The van der Waals surface area contributed by atoms with Gasteiger partial charge in [0.15, 0.2) is 0 Å². The lowest BCUT2D eigenvalue weighted by atomic mass is 10.1. The first-order valence-electron chi connectivity index (χ1n) is 8.22. The van der Waals surface area contributed by atoms with Crippen molar-refractivity contribution in [2.45, 2.75) is 6.61 Å². The molecule has 0 aliphatic heterocycles. The van der Waals surface area contributed by atoms with E-state index in [1.807, 2.05) is 0 Å². The lowest BCUT2D eigenvalue weighted by Crippen LogP contribution is -2.10. The van der Waals surface area contributed by atoms with Crippen molar-refractivity contribution in [3.05, 3.63) is 84.4 Å². The van der Waals surface area contributed by atoms with Crippen LogP contribution in [0.25, 0.3) is 0 Å². The monoisotopic (exact) mass is 484 g/mol. The molecule has 0 radical (unpaired) electrons. The maximum atomic E-state index is 11.6. The molecule has 2 aromatic carbocycles. The lowest BCUT2D eigenvalue weighted by molar-refractivity contribution is -0.406. The van der Waals surface area contributed by atoms with Crippen molar-refractivity contribution in [3.63, 3.8) is 0 Å². The van der Waals surface area contributed by atoms with Gasteiger partial charge in [0.1, 0.15) is 12.2 Å². The maximum Gasteiger partial charge on any atom is 0.331 e. The molecule has 2 rings (SSSR count). The molecule has 0 spiro atoms. The number of benzene rings is 2. The van der Waals surface area contributed by atoms with Crippen LogP contribution in [0.1, 0.15) is 5.56 Å². The molecule has 0 atom stereocenters. The van der Waals surface area contributed by atoms with Gasteiger partial charge in [-0.25, -0.2) is 0 Å². The zero-order valence-corrected chi connectivity index (χ0v) is 16.3. The maximum absolute atomic E-state index is 11.6. The number of hydrogen-bond donors (Lipinski definition) is 0. The first kappa shape index (κ1) is 24.7. The van der Waals surface area contributed by atoms with Gasteiger partial charge < -0.3 is 9.47 Å². The van der Waals surface area contributed by atoms with E-state index in [4.69, 9.17) is 4.74 Å². The van der Waals surface area contributed by atoms with Crippen LogP contribution in [0.2, 0.25) is 0 Å². The van der Waals surface area contributed by atoms with E-state index >= 15 is 0 Å². The number of methoxy groups -OCH3 is 1. The Labute approximate surface area is 183 Å². The molecule has 2 aromatic rings. The van der Waals surface area contributed by atoms with Crippen LogP contribution < -0.4 is 9.47 Å². The molecule has 0 N–H and O–H groups in total. The minimum absolute atomic E-state index is 0.307. The molecular weight excluding hydrogens is 476 g/mol. The topological polar surface area (TPSA) is 277 Å². The van der Waals surface area contributed by atoms with Gasteiger partial charge in [-0.05, 0) is 0 Å². The quantitative estimate of drug-likeness (QED) is 0.346. The zero-order valence-electron chi connectivity index (χ0n) is 16.3. The van der Waals surface area contributed by atoms with Crippen LogP contribution in [0.5, 0.6) is 11.5 Å². The van der Waals surface area contributed by atoms with E-state index in [0.29, 0.717) is 18.2 Å². The van der Waals surface area contributed by atoms with Crippen LogP contribution in [0, 0.1) is 60.7 Å². The third-order valence-corrected chi connectivity index (χ3v) is 4.10. The average Bonchev–Trinajstić information content (AvgIpc) is 2.74. The molecule has 0 bridgehead atoms. The predicted octanol–water partition coefficient (Wildman–Crippen LogP) is 2.72. The van der Waals surface area contributed by atoms with Crippen molar-refractivity contribution in [2.75, 3.05) is 7.11 Å². The third-order valence-electron chi connectivity index (χ3n) is 4.10. The Morgan fingerprint density at radius 1 is 0.618 bits per heavy atom. The molecule has 34 heavy (non-hydrogen) atoms. The molecule has 0 aliphatic carbocycles. The van der Waals surface area contributed by atoms with Gasteiger partial charge in [-0.15, -0.1) is 0 Å². The Morgan fingerprint density at radius 3 is 1.41 bits per heavy atom. The van der Waals surface area contributed by atoms with Crippen molar-refractivity contribution < 1.29 is 39.0 Å². The first-order chi connectivity index (χ1) is 15.8. The molecule has 20 heteroatoms. The van der Waals surface area contributed by atoms with Gasteiger partial charge in [0.25, 0.3) is 22.9 Å². The SMILES string of the molecule is COc1c([N+](=O)[O-])cc([N+](=O)[O-])c(COc2c([N+](=O)[O-])cc([N+](=O)[O-])cc2[N+](=O)[O-])c1[N+](=O)[O-]. The number of nitro groups is 6. The summed E-state index contributed by atoms with van der Waals surface area (Å²) in [6.07, 6.45) is 0. The molecule has 0 amide bonds. The van der Waals surface area contributed by atoms with E-state index in [1.165, 1.54) is 0 Å². The number of nitrogens with zero attached hydrogens (tertiary/aromatic N) is 6. The standard InChI is InChI=1S/C14H8N6O14/c1-33-14-11(19(29)30)4-8(16(23)24)7(12(14)20(31)32)5-34-13-9(17(25)26)2-6(15(21)22)3-10(13)18(27)28/h2-4H,5H2,1H3. The molecule has 0 aliphatic rings. The van der Waals surface area contributed by atoms with Crippen LogP contribution in [-0.4, -0.2) is 36.6 Å². The summed E-state index contributed by atoms with van der Waals surface area (Å²) in [4.78, 5) is 60.3. The normalized spacial score (nSPS) is 10.3. The van der Waals surface area contributed by atoms with E-state index in [0.717, 1.165) is 7.11 Å². The minimum Gasteiger partial charge on any atom is -0.485 e. The highest BCUT2D eigenvalue weighted by Crippen LogP contribution is 2.46. The highest BCUT2D eigenvalue weighted by molar-refractivity contribution is 5.71. The van der Waals surface area contributed by atoms with Gasteiger partial charge >= 0.3 is 22.7 Å². The van der Waals surface area contributed by atoms with E-state index in [1.54, 1.807) is 0 Å². The van der Waals surface area contributed by atoms with E-state index in [9.17, 15) is 60.7 Å². The second-order valence-electron chi connectivity index (χ2n) is 5.92. The molecule has 20 nitrogen and oxygen atoms in total. The van der Waals surface area contributed by atoms with E-state index < -0.39 is 87.3 Å². The van der Waals surface area contributed by atoms with Gasteiger partial charge in [-0.2, -0.15) is 0 Å². The summed E-state index contributed by atoms with van der Waals surface area (Å²) in [6.45, 7) is -1.32. The molecule has 0 aromatic heterocycles. The Hall–Kier alpha value is -5.56. The van der Waals surface area contributed by atoms with Gasteiger partial charge in [-0.1, -0.05) is 0 Å². The van der Waals surface area contributed by atoms with Gasteiger partial charge in [-0.3, -0.25) is 60.7 Å². The van der Waals surface area contributed by atoms with Crippen molar-refractivity contribution in [1.29, 1.82) is 0 Å². The number of rotatable bonds is 10. The lowest BCUT2D eigenvalue weighted by Gasteiger charge is -2.10. The van der Waals surface area contributed by atoms with Crippen molar-refractivity contribution in [2.24, 2.45) is 0 Å². The summed E-state index contributed by atoms with van der Waals surface area (Å²) in [5.74, 6) is -2.23. The van der Waals surface area contributed by atoms with Crippen molar-refractivity contribution in [1.82, 2.24) is 0 Å². The molecule has 0 heterocycles. The van der Waals surface area contributed by atoms with Crippen LogP contribution in [0.3, 0.4) is 0 Å². The molecule has 0 saturated carbocycles. The summed E-state index contributed by atoms with van der Waals surface area (Å²) in [5.41, 5.74) is -8.32. The van der Waals surface area contributed by atoms with Crippen LogP contribution in [0.4, 0.5) is 34.1 Å². The first-order valence-corrected chi connectivity index (χ1v) is 8.22. The zero-order chi connectivity index (χ0) is 25.9. The second-order valence-corrected chi connectivity index (χ2v) is 5.92. The Balaban J connectivity index is 2.81. The smallest absolute Gasteiger partial charge is 0.331 e. The largest absolute Gasteiger partial charge is 0.485 e. The van der Waals surface area contributed by atoms with E-state index in [2.05, 4.69) is 4.74 Å². The number of ether oxygens (including phenoxy) is 2. The molecule has 0 saturated heterocycles. The molecule has 0 unspecified atom stereocenters. The molecule has 0 fully saturated rings. The Morgan fingerprint density at radius 2 is 1.06 bits per heavy atom. The second kappa shape index (κ2) is 9.29. The Kier molecular flexibility index (Phi) is 6.75. The number of hydrogen-bond acceptors (Lipinski definition) is 14. The minimum atomic E-state index is -1.32. The van der Waals surface area contributed by atoms with Gasteiger partial charge in [0, 0.05) is 0 Å². The fourth-order valence-corrected chi connectivity index (χ4v) is 2.75. The van der Waals surface area contributed by atoms with Crippen LogP contribution >= 0.6 is 0 Å². The summed E-state index contributed by atoms with van der Waals surface area (Å²) < 4.78 is 9.59. The average molecular weight is 484 g/mol. The Bertz CT molecular complexity index is 1240. The van der Waals surface area contributed by atoms with Gasteiger partial charge in [0.05, 0.1) is 54.8 Å². The predicted molar refractivity (Wildman–Crippen MR) is 104 cm³/mol. The molecule has 178 valence electrons. The summed E-state index contributed by atoms with van der Waals surface area (Å²) in [6, 6.07) is 0.923. The number of nitro benzene ring substituents is 6. The van der Waals surface area contributed by atoms with E-state index in [-0.39, 0.29) is 0 Å². The van der Waals surface area contributed by atoms with Crippen molar-refractivity contribution in [3.8, 4) is 11.5 Å². The highest BCUT2D eigenvalue weighted by Gasteiger charge is 2.39. The summed E-state index contributed by atoms with van der Waals surface area (Å²) >= 11 is 0. The summed E-state index contributed by atoms with van der Waals surface area (Å²) in [5, 5.41) is 67.8. The van der Waals surface area contributed by atoms with Crippen LogP contribution in [0.15, 0.2) is 18.2 Å².